The molecule has 0 heterocycles. The molecule has 3 aliphatic rings. The van der Waals surface area contributed by atoms with Crippen molar-refractivity contribution >= 4 is 0 Å². The molecule has 0 radical (unpaired) electrons. The second-order valence-electron chi connectivity index (χ2n) is 11.1. The molecule has 0 aromatic carbocycles. The molecule has 3 nitrogen and oxygen atoms in total. The summed E-state index contributed by atoms with van der Waals surface area (Å²) in [5.74, 6) is 2.07. The van der Waals surface area contributed by atoms with E-state index in [9.17, 15) is 15.3 Å². The van der Waals surface area contributed by atoms with E-state index in [4.69, 9.17) is 0 Å². The van der Waals surface area contributed by atoms with Gasteiger partial charge in [0.15, 0.2) is 0 Å². The van der Waals surface area contributed by atoms with Crippen molar-refractivity contribution in [3.05, 3.63) is 35.5 Å². The van der Waals surface area contributed by atoms with Crippen molar-refractivity contribution in [2.75, 3.05) is 6.61 Å². The van der Waals surface area contributed by atoms with Gasteiger partial charge in [0.1, 0.15) is 0 Å². The molecule has 3 heteroatoms. The standard InChI is InChI=1S/C27H44O3/c1-19-9-12-23(29)17-22(19)11-10-21-8-6-16-27(4)24(13-14-25(21)27)20(2)7-5-15-26(3,30)18-28/h10-11,20,23-25,28-30H,1,5-9,12-18H2,2-4H3/b21-10+,22-11-/t20-,23+,24-,25-,26+,27-/m1/s1. The third-order valence-corrected chi connectivity index (χ3v) is 8.63. The average molecular weight is 417 g/mol. The summed E-state index contributed by atoms with van der Waals surface area (Å²) in [5.41, 5.74) is 3.50. The van der Waals surface area contributed by atoms with Crippen LogP contribution in [0, 0.1) is 23.2 Å². The Hall–Kier alpha value is -0.900. The first-order valence-electron chi connectivity index (χ1n) is 12.3. The number of rotatable bonds is 7. The molecule has 0 aromatic heterocycles. The Morgan fingerprint density at radius 1 is 1.23 bits per heavy atom. The van der Waals surface area contributed by atoms with Crippen LogP contribution in [0.1, 0.15) is 91.4 Å². The molecule has 3 saturated carbocycles. The van der Waals surface area contributed by atoms with Crippen molar-refractivity contribution in [1.82, 2.24) is 0 Å². The van der Waals surface area contributed by atoms with Crippen molar-refractivity contribution in [3.63, 3.8) is 0 Å². The van der Waals surface area contributed by atoms with Crippen LogP contribution in [0.5, 0.6) is 0 Å². The van der Waals surface area contributed by atoms with Gasteiger partial charge >= 0.3 is 0 Å². The van der Waals surface area contributed by atoms with Crippen LogP contribution < -0.4 is 0 Å². The van der Waals surface area contributed by atoms with E-state index >= 15 is 0 Å². The number of fused-ring (bicyclic) bond motifs is 1. The van der Waals surface area contributed by atoms with Gasteiger partial charge in [0.25, 0.3) is 0 Å². The van der Waals surface area contributed by atoms with Gasteiger partial charge in [-0.05, 0) is 93.5 Å². The van der Waals surface area contributed by atoms with Crippen LogP contribution in [-0.2, 0) is 0 Å². The Balaban J connectivity index is 1.66. The van der Waals surface area contributed by atoms with E-state index in [1.807, 2.05) is 0 Å². The molecule has 3 aliphatic carbocycles. The fraction of sp³-hybridized carbons (Fsp3) is 0.778. The van der Waals surface area contributed by atoms with Gasteiger partial charge in [-0.25, -0.2) is 0 Å². The lowest BCUT2D eigenvalue weighted by Gasteiger charge is -2.44. The van der Waals surface area contributed by atoms with Crippen molar-refractivity contribution in [3.8, 4) is 0 Å². The minimum atomic E-state index is -0.938. The van der Waals surface area contributed by atoms with Crippen LogP contribution in [0.25, 0.3) is 0 Å². The lowest BCUT2D eigenvalue weighted by atomic mass is 9.60. The van der Waals surface area contributed by atoms with Gasteiger partial charge in [-0.3, -0.25) is 0 Å². The summed E-state index contributed by atoms with van der Waals surface area (Å²) >= 11 is 0. The predicted octanol–water partition coefficient (Wildman–Crippen LogP) is 5.71. The second-order valence-corrected chi connectivity index (χ2v) is 11.1. The summed E-state index contributed by atoms with van der Waals surface area (Å²) in [7, 11) is 0. The quantitative estimate of drug-likeness (QED) is 0.498. The van der Waals surface area contributed by atoms with Crippen LogP contribution in [-0.4, -0.2) is 33.6 Å². The molecule has 6 atom stereocenters. The Bertz CT molecular complexity index is 674. The van der Waals surface area contributed by atoms with Crippen molar-refractivity contribution in [2.45, 2.75) is 103 Å². The zero-order valence-corrected chi connectivity index (χ0v) is 19.5. The van der Waals surface area contributed by atoms with E-state index in [0.29, 0.717) is 23.7 Å². The van der Waals surface area contributed by atoms with Gasteiger partial charge in [-0.2, -0.15) is 0 Å². The van der Waals surface area contributed by atoms with E-state index < -0.39 is 5.60 Å². The maximum atomic E-state index is 10.1. The van der Waals surface area contributed by atoms with E-state index in [2.05, 4.69) is 32.6 Å². The van der Waals surface area contributed by atoms with Gasteiger partial charge in [-0.1, -0.05) is 56.6 Å². The molecule has 0 amide bonds. The highest BCUT2D eigenvalue weighted by molar-refractivity contribution is 5.36. The molecule has 3 fully saturated rings. The fourth-order valence-electron chi connectivity index (χ4n) is 6.69. The predicted molar refractivity (Wildman–Crippen MR) is 124 cm³/mol. The highest BCUT2D eigenvalue weighted by Gasteiger charge is 2.50. The van der Waals surface area contributed by atoms with Crippen molar-refractivity contribution < 1.29 is 15.3 Å². The molecule has 0 aromatic rings. The third kappa shape index (κ3) is 5.29. The summed E-state index contributed by atoms with van der Waals surface area (Å²) < 4.78 is 0. The maximum Gasteiger partial charge on any atom is 0.0849 e. The van der Waals surface area contributed by atoms with E-state index in [1.54, 1.807) is 12.5 Å². The highest BCUT2D eigenvalue weighted by atomic mass is 16.3. The Morgan fingerprint density at radius 3 is 2.73 bits per heavy atom. The van der Waals surface area contributed by atoms with Gasteiger partial charge < -0.3 is 15.3 Å². The summed E-state index contributed by atoms with van der Waals surface area (Å²) in [6.45, 7) is 10.7. The minimum Gasteiger partial charge on any atom is -0.393 e. The number of hydrogen-bond acceptors (Lipinski definition) is 3. The number of hydrogen-bond donors (Lipinski definition) is 3. The first-order chi connectivity index (χ1) is 14.2. The van der Waals surface area contributed by atoms with Crippen LogP contribution in [0.3, 0.4) is 0 Å². The number of aliphatic hydroxyl groups excluding tert-OH is 2. The van der Waals surface area contributed by atoms with E-state index in [0.717, 1.165) is 38.0 Å². The van der Waals surface area contributed by atoms with Crippen LogP contribution >= 0.6 is 0 Å². The van der Waals surface area contributed by atoms with E-state index in [1.165, 1.54) is 43.3 Å². The van der Waals surface area contributed by atoms with Gasteiger partial charge in [0, 0.05) is 0 Å². The number of allylic oxidation sites excluding steroid dienone is 4. The fourth-order valence-corrected chi connectivity index (χ4v) is 6.69. The van der Waals surface area contributed by atoms with Gasteiger partial charge in [0.2, 0.25) is 0 Å². The topological polar surface area (TPSA) is 60.7 Å². The third-order valence-electron chi connectivity index (χ3n) is 8.63. The summed E-state index contributed by atoms with van der Waals surface area (Å²) in [5, 5.41) is 29.4. The molecule has 0 spiro atoms. The molecule has 0 unspecified atom stereocenters. The molecule has 0 saturated heterocycles. The SMILES string of the molecule is C=C1CC[C@H](O)C/C1=C/C=C1\CCC[C@@]2(C)[C@@H]1CC[C@@H]2[C@H](C)CCC[C@](C)(O)CO. The monoisotopic (exact) mass is 416 g/mol. The lowest BCUT2D eigenvalue weighted by molar-refractivity contribution is -0.00891. The van der Waals surface area contributed by atoms with Crippen molar-refractivity contribution in [1.29, 1.82) is 0 Å². The molecule has 3 rings (SSSR count). The smallest absolute Gasteiger partial charge is 0.0849 e. The summed E-state index contributed by atoms with van der Waals surface area (Å²) in [4.78, 5) is 0. The molecule has 3 N–H and O–H groups in total. The van der Waals surface area contributed by atoms with Gasteiger partial charge in [-0.15, -0.1) is 0 Å². The summed E-state index contributed by atoms with van der Waals surface area (Å²) in [6, 6.07) is 0. The normalized spacial score (nSPS) is 37.9. The Morgan fingerprint density at radius 2 is 2.00 bits per heavy atom. The lowest BCUT2D eigenvalue weighted by Crippen LogP contribution is -2.36. The zero-order chi connectivity index (χ0) is 21.9. The molecule has 0 aliphatic heterocycles. The van der Waals surface area contributed by atoms with Gasteiger partial charge in [0.05, 0.1) is 18.3 Å². The molecular weight excluding hydrogens is 372 g/mol. The second kappa shape index (κ2) is 9.71. The largest absolute Gasteiger partial charge is 0.393 e. The highest BCUT2D eigenvalue weighted by Crippen LogP contribution is 2.60. The minimum absolute atomic E-state index is 0.155. The van der Waals surface area contributed by atoms with Crippen LogP contribution in [0.2, 0.25) is 0 Å². The Labute approximate surface area is 184 Å². The first kappa shape index (κ1) is 23.8. The Kier molecular flexibility index (Phi) is 7.69. The zero-order valence-electron chi connectivity index (χ0n) is 19.5. The van der Waals surface area contributed by atoms with Crippen LogP contribution in [0.4, 0.5) is 0 Å². The van der Waals surface area contributed by atoms with Crippen molar-refractivity contribution in [2.24, 2.45) is 23.2 Å². The molecular formula is C27H44O3. The van der Waals surface area contributed by atoms with E-state index in [-0.39, 0.29) is 12.7 Å². The number of aliphatic hydroxyl groups is 3. The molecule has 30 heavy (non-hydrogen) atoms. The summed E-state index contributed by atoms with van der Waals surface area (Å²) in [6.07, 6.45) is 16.1. The first-order valence-corrected chi connectivity index (χ1v) is 12.3. The molecule has 0 bridgehead atoms. The maximum absolute atomic E-state index is 10.1. The van der Waals surface area contributed by atoms with Crippen LogP contribution in [0.15, 0.2) is 35.5 Å². The molecule has 170 valence electrons. The average Bonchev–Trinajstić information content (AvgIpc) is 3.06.